The van der Waals surface area contributed by atoms with Crippen molar-refractivity contribution in [3.05, 3.63) is 70.3 Å². The van der Waals surface area contributed by atoms with E-state index in [0.717, 1.165) is 0 Å². The first-order valence-electron chi connectivity index (χ1n) is 8.84. The van der Waals surface area contributed by atoms with Gasteiger partial charge in [0.15, 0.2) is 6.10 Å². The number of ether oxygens (including phenoxy) is 1. The van der Waals surface area contributed by atoms with Gasteiger partial charge in [-0.3, -0.25) is 24.5 Å². The van der Waals surface area contributed by atoms with Crippen LogP contribution in [0.3, 0.4) is 0 Å². The van der Waals surface area contributed by atoms with E-state index in [4.69, 9.17) is 4.74 Å². The molecule has 9 heteroatoms. The van der Waals surface area contributed by atoms with Gasteiger partial charge in [-0.05, 0) is 31.2 Å². The first kappa shape index (κ1) is 21.5. The van der Waals surface area contributed by atoms with Gasteiger partial charge in [0.2, 0.25) is 0 Å². The molecule has 1 atom stereocenters. The zero-order valence-corrected chi connectivity index (χ0v) is 16.0. The van der Waals surface area contributed by atoms with Crippen LogP contribution in [0.25, 0.3) is 0 Å². The number of nitrogens with one attached hydrogen (secondary N) is 1. The molecular formula is C20H21N3O6. The largest absolute Gasteiger partial charge is 0.452 e. The number of hydrogen-bond donors (Lipinski definition) is 1. The third-order valence-electron chi connectivity index (χ3n) is 4.09. The highest BCUT2D eigenvalue weighted by Crippen LogP contribution is 2.14. The summed E-state index contributed by atoms with van der Waals surface area (Å²) >= 11 is 0. The second kappa shape index (κ2) is 9.98. The number of esters is 1. The van der Waals surface area contributed by atoms with Crippen LogP contribution in [0, 0.1) is 10.1 Å². The molecule has 0 spiro atoms. The number of nitrogens with zero attached hydrogens (tertiary/aromatic N) is 2. The summed E-state index contributed by atoms with van der Waals surface area (Å²) in [4.78, 5) is 47.7. The summed E-state index contributed by atoms with van der Waals surface area (Å²) < 4.78 is 5.13. The average Bonchev–Trinajstić information content (AvgIpc) is 2.73. The summed E-state index contributed by atoms with van der Waals surface area (Å²) in [6.07, 6.45) is -1.09. The number of carbonyl (C=O) groups is 3. The molecule has 0 fully saturated rings. The molecule has 0 aromatic heterocycles. The van der Waals surface area contributed by atoms with Crippen LogP contribution in [-0.2, 0) is 14.3 Å². The quantitative estimate of drug-likeness (QED) is 0.413. The fraction of sp³-hybridized carbons (Fsp3) is 0.250. The molecule has 29 heavy (non-hydrogen) atoms. The first-order chi connectivity index (χ1) is 13.8. The van der Waals surface area contributed by atoms with Gasteiger partial charge in [0.1, 0.15) is 0 Å². The molecule has 2 aromatic rings. The van der Waals surface area contributed by atoms with Gasteiger partial charge in [0.25, 0.3) is 17.5 Å². The number of rotatable bonds is 8. The Balaban J connectivity index is 1.78. The van der Waals surface area contributed by atoms with Crippen molar-refractivity contribution < 1.29 is 24.0 Å². The fourth-order valence-corrected chi connectivity index (χ4v) is 2.47. The Morgan fingerprint density at radius 2 is 1.72 bits per heavy atom. The highest BCUT2D eigenvalue weighted by molar-refractivity contribution is 5.97. The van der Waals surface area contributed by atoms with Gasteiger partial charge in [0.05, 0.1) is 11.3 Å². The van der Waals surface area contributed by atoms with Crippen molar-refractivity contribution in [1.82, 2.24) is 5.32 Å². The van der Waals surface area contributed by atoms with E-state index >= 15 is 0 Å². The van der Waals surface area contributed by atoms with Gasteiger partial charge in [0, 0.05) is 37.0 Å². The molecule has 0 aliphatic carbocycles. The molecule has 2 amide bonds. The summed E-state index contributed by atoms with van der Waals surface area (Å²) in [5, 5.41) is 13.1. The maximum Gasteiger partial charge on any atom is 0.308 e. The third kappa shape index (κ3) is 6.13. The minimum Gasteiger partial charge on any atom is -0.452 e. The lowest BCUT2D eigenvalue weighted by Gasteiger charge is -2.21. The molecule has 0 aliphatic heterocycles. The van der Waals surface area contributed by atoms with Crippen LogP contribution in [-0.4, -0.2) is 42.4 Å². The number of hydrogen-bond acceptors (Lipinski definition) is 6. The van der Waals surface area contributed by atoms with Crippen LogP contribution in [0.5, 0.6) is 0 Å². The zero-order valence-electron chi connectivity index (χ0n) is 16.0. The number of non-ortho nitro benzene ring substituents is 1. The Labute approximate surface area is 167 Å². The van der Waals surface area contributed by atoms with E-state index in [1.807, 2.05) is 6.07 Å². The Hall–Kier alpha value is -3.75. The van der Waals surface area contributed by atoms with E-state index in [1.54, 1.807) is 31.3 Å². The fourth-order valence-electron chi connectivity index (χ4n) is 2.47. The van der Waals surface area contributed by atoms with E-state index in [2.05, 4.69) is 5.32 Å². The number of benzene rings is 2. The number of nitro benzene ring substituents is 1. The molecule has 2 rings (SSSR count). The Bertz CT molecular complexity index is 883. The summed E-state index contributed by atoms with van der Waals surface area (Å²) in [6, 6.07) is 14.0. The Kier molecular flexibility index (Phi) is 7.41. The van der Waals surface area contributed by atoms with Crippen molar-refractivity contribution in [3.8, 4) is 0 Å². The SMILES string of the molecule is C[C@@H](OC(=O)CCNC(=O)c1ccc([N+](=O)[O-])cc1)C(=O)N(C)c1ccccc1. The summed E-state index contributed by atoms with van der Waals surface area (Å²) in [7, 11) is 1.59. The van der Waals surface area contributed by atoms with Crippen molar-refractivity contribution in [2.75, 3.05) is 18.5 Å². The molecule has 0 aliphatic rings. The predicted octanol–water partition coefficient (Wildman–Crippen LogP) is 2.31. The van der Waals surface area contributed by atoms with E-state index < -0.39 is 22.9 Å². The summed E-state index contributed by atoms with van der Waals surface area (Å²) in [5.74, 6) is -1.48. The monoisotopic (exact) mass is 399 g/mol. The second-order valence-corrected chi connectivity index (χ2v) is 6.17. The molecule has 152 valence electrons. The van der Waals surface area contributed by atoms with Crippen LogP contribution in [0.2, 0.25) is 0 Å². The lowest BCUT2D eigenvalue weighted by molar-refractivity contribution is -0.384. The van der Waals surface area contributed by atoms with Crippen LogP contribution in [0.15, 0.2) is 54.6 Å². The maximum atomic E-state index is 12.4. The highest BCUT2D eigenvalue weighted by atomic mass is 16.6. The van der Waals surface area contributed by atoms with Crippen LogP contribution >= 0.6 is 0 Å². The van der Waals surface area contributed by atoms with Gasteiger partial charge in [-0.2, -0.15) is 0 Å². The first-order valence-corrected chi connectivity index (χ1v) is 8.84. The Morgan fingerprint density at radius 1 is 1.10 bits per heavy atom. The number of anilines is 1. The molecule has 0 unspecified atom stereocenters. The third-order valence-corrected chi connectivity index (χ3v) is 4.09. The van der Waals surface area contributed by atoms with Crippen LogP contribution in [0.4, 0.5) is 11.4 Å². The lowest BCUT2D eigenvalue weighted by atomic mass is 10.2. The number of nitro groups is 1. The average molecular weight is 399 g/mol. The number of carbonyl (C=O) groups excluding carboxylic acids is 3. The molecular weight excluding hydrogens is 378 g/mol. The molecule has 0 saturated carbocycles. The number of amides is 2. The Morgan fingerprint density at radius 3 is 2.31 bits per heavy atom. The standard InChI is InChI=1S/C20H21N3O6/c1-14(20(26)22(2)16-6-4-3-5-7-16)29-18(24)12-13-21-19(25)15-8-10-17(11-9-15)23(27)28/h3-11,14H,12-13H2,1-2H3,(H,21,25)/t14-/m1/s1. The highest BCUT2D eigenvalue weighted by Gasteiger charge is 2.22. The molecule has 0 heterocycles. The minimum atomic E-state index is -0.974. The van der Waals surface area contributed by atoms with Crippen LogP contribution in [0.1, 0.15) is 23.7 Å². The predicted molar refractivity (Wildman–Crippen MR) is 105 cm³/mol. The van der Waals surface area contributed by atoms with E-state index in [-0.39, 0.29) is 30.1 Å². The normalized spacial score (nSPS) is 11.2. The number of likely N-dealkylation sites (N-methyl/N-ethyl adjacent to an activating group) is 1. The van der Waals surface area contributed by atoms with Gasteiger partial charge < -0.3 is 15.0 Å². The van der Waals surface area contributed by atoms with E-state index in [1.165, 1.54) is 36.1 Å². The van der Waals surface area contributed by atoms with Crippen molar-refractivity contribution >= 4 is 29.2 Å². The summed E-state index contributed by atoms with van der Waals surface area (Å²) in [6.45, 7) is 1.49. The molecule has 0 radical (unpaired) electrons. The van der Waals surface area contributed by atoms with Gasteiger partial charge in [-0.1, -0.05) is 18.2 Å². The van der Waals surface area contributed by atoms with Gasteiger partial charge in [-0.15, -0.1) is 0 Å². The molecule has 0 saturated heterocycles. The molecule has 9 nitrogen and oxygen atoms in total. The minimum absolute atomic E-state index is 0.00406. The van der Waals surface area contributed by atoms with Crippen molar-refractivity contribution in [2.45, 2.75) is 19.4 Å². The smallest absolute Gasteiger partial charge is 0.308 e. The van der Waals surface area contributed by atoms with Crippen molar-refractivity contribution in [3.63, 3.8) is 0 Å². The molecule has 0 bridgehead atoms. The maximum absolute atomic E-state index is 12.4. The van der Waals surface area contributed by atoms with E-state index in [9.17, 15) is 24.5 Å². The van der Waals surface area contributed by atoms with Gasteiger partial charge in [-0.25, -0.2) is 0 Å². The van der Waals surface area contributed by atoms with Crippen molar-refractivity contribution in [1.29, 1.82) is 0 Å². The van der Waals surface area contributed by atoms with Gasteiger partial charge >= 0.3 is 5.97 Å². The second-order valence-electron chi connectivity index (χ2n) is 6.17. The van der Waals surface area contributed by atoms with Crippen LogP contribution < -0.4 is 10.2 Å². The topological polar surface area (TPSA) is 119 Å². The molecule has 1 N–H and O–H groups in total. The number of para-hydroxylation sites is 1. The lowest BCUT2D eigenvalue weighted by Crippen LogP contribution is -2.38. The van der Waals surface area contributed by atoms with Crippen molar-refractivity contribution in [2.24, 2.45) is 0 Å². The summed E-state index contributed by atoms with van der Waals surface area (Å²) in [5.41, 5.74) is 0.789. The zero-order chi connectivity index (χ0) is 21.4. The molecule has 2 aromatic carbocycles. The van der Waals surface area contributed by atoms with E-state index in [0.29, 0.717) is 5.69 Å².